The second kappa shape index (κ2) is 6.89. The molecule has 0 aliphatic carbocycles. The van der Waals surface area contributed by atoms with Crippen LogP contribution in [0.25, 0.3) is 22.6 Å². The topological polar surface area (TPSA) is 67.5 Å². The zero-order valence-corrected chi connectivity index (χ0v) is 13.4. The monoisotopic (exact) mass is 332 g/mol. The van der Waals surface area contributed by atoms with E-state index in [4.69, 9.17) is 20.8 Å². The van der Waals surface area contributed by atoms with Crippen LogP contribution in [-0.4, -0.2) is 35.7 Å². The van der Waals surface area contributed by atoms with Crippen molar-refractivity contribution >= 4 is 28.4 Å². The zero-order valence-electron chi connectivity index (χ0n) is 12.6. The smallest absolute Gasteiger partial charge is 0.227 e. The number of aliphatic hydroxyl groups excluding tert-OH is 1. The molecule has 0 radical (unpaired) electrons. The summed E-state index contributed by atoms with van der Waals surface area (Å²) in [5, 5.41) is 12.7. The lowest BCUT2D eigenvalue weighted by molar-refractivity contribution is 0.211. The number of nitrogens with one attached hydrogen (secondary N) is 1. The van der Waals surface area contributed by atoms with Crippen LogP contribution in [0, 0.1) is 0 Å². The molecule has 0 aliphatic rings. The maximum Gasteiger partial charge on any atom is 0.227 e. The number of methoxy groups -OCH3 is 1. The summed E-state index contributed by atoms with van der Waals surface area (Å²) in [5.74, 6) is 1.38. The summed E-state index contributed by atoms with van der Waals surface area (Å²) in [5.41, 5.74) is 3.12. The van der Waals surface area contributed by atoms with Crippen molar-refractivity contribution in [1.29, 1.82) is 0 Å². The van der Waals surface area contributed by atoms with E-state index in [2.05, 4.69) is 10.3 Å². The normalized spacial score (nSPS) is 12.3. The molecule has 5 nitrogen and oxygen atoms in total. The number of hydrogen-bond donors (Lipinski definition) is 2. The second-order valence-corrected chi connectivity index (χ2v) is 5.40. The van der Waals surface area contributed by atoms with Gasteiger partial charge >= 0.3 is 0 Å². The molecule has 0 saturated carbocycles. The number of nitrogens with zero attached hydrogens (tertiary/aromatic N) is 1. The number of anilines is 1. The van der Waals surface area contributed by atoms with E-state index in [1.165, 1.54) is 0 Å². The van der Waals surface area contributed by atoms with Gasteiger partial charge in [-0.1, -0.05) is 12.1 Å². The zero-order chi connectivity index (χ0) is 16.2. The molecule has 0 aliphatic heterocycles. The summed E-state index contributed by atoms with van der Waals surface area (Å²) in [6.45, 7) is 0.330. The Morgan fingerprint density at radius 1 is 1.30 bits per heavy atom. The van der Waals surface area contributed by atoms with Crippen molar-refractivity contribution in [3.05, 3.63) is 42.5 Å². The van der Waals surface area contributed by atoms with Crippen LogP contribution in [0.3, 0.4) is 0 Å². The average Bonchev–Trinajstić information content (AvgIpc) is 3.03. The van der Waals surface area contributed by atoms with E-state index >= 15 is 0 Å². The van der Waals surface area contributed by atoms with Crippen LogP contribution >= 0.6 is 11.6 Å². The summed E-state index contributed by atoms with van der Waals surface area (Å²) in [6.07, 6.45) is -0.630. The first-order valence-corrected chi connectivity index (χ1v) is 7.76. The van der Waals surface area contributed by atoms with Crippen LogP contribution in [0.15, 0.2) is 46.9 Å². The minimum Gasteiger partial charge on any atom is -0.495 e. The van der Waals surface area contributed by atoms with E-state index in [1.54, 1.807) is 7.11 Å². The first-order valence-electron chi connectivity index (χ1n) is 7.23. The molecule has 1 atom stereocenters. The molecule has 23 heavy (non-hydrogen) atoms. The maximum absolute atomic E-state index is 9.60. The highest BCUT2D eigenvalue weighted by atomic mass is 35.5. The molecule has 3 rings (SSSR count). The average molecular weight is 333 g/mol. The van der Waals surface area contributed by atoms with Gasteiger partial charge in [0.25, 0.3) is 0 Å². The predicted molar refractivity (Wildman–Crippen MR) is 91.2 cm³/mol. The number of ether oxygens (including phenoxy) is 1. The van der Waals surface area contributed by atoms with E-state index in [0.29, 0.717) is 18.2 Å². The molecule has 0 amide bonds. The molecule has 0 fully saturated rings. The maximum atomic E-state index is 9.60. The molecule has 120 valence electrons. The Kier molecular flexibility index (Phi) is 4.69. The largest absolute Gasteiger partial charge is 0.495 e. The van der Waals surface area contributed by atoms with Crippen molar-refractivity contribution in [3.8, 4) is 17.2 Å². The Labute approximate surface area is 138 Å². The van der Waals surface area contributed by atoms with Crippen molar-refractivity contribution in [2.24, 2.45) is 0 Å². The minimum absolute atomic E-state index is 0.167. The number of alkyl halides is 1. The summed E-state index contributed by atoms with van der Waals surface area (Å²) in [7, 11) is 1.59. The van der Waals surface area contributed by atoms with Gasteiger partial charge in [-0.15, -0.1) is 11.6 Å². The SMILES string of the molecule is COc1ccc(-c2nc3ccccc3o2)cc1NCC(O)CCl. The molecule has 0 bridgehead atoms. The number of benzene rings is 2. The van der Waals surface area contributed by atoms with Crippen molar-refractivity contribution in [2.75, 3.05) is 24.9 Å². The van der Waals surface area contributed by atoms with Crippen LogP contribution in [0.1, 0.15) is 0 Å². The number of aliphatic hydroxyl groups is 1. The summed E-state index contributed by atoms with van der Waals surface area (Å²) < 4.78 is 11.1. The summed E-state index contributed by atoms with van der Waals surface area (Å²) in [4.78, 5) is 4.49. The molecule has 2 aromatic carbocycles. The third kappa shape index (κ3) is 3.41. The first kappa shape index (κ1) is 15.6. The number of hydrogen-bond acceptors (Lipinski definition) is 5. The lowest BCUT2D eigenvalue weighted by atomic mass is 10.1. The van der Waals surface area contributed by atoms with E-state index in [9.17, 15) is 5.11 Å². The van der Waals surface area contributed by atoms with Crippen LogP contribution in [0.4, 0.5) is 5.69 Å². The third-order valence-electron chi connectivity index (χ3n) is 3.45. The van der Waals surface area contributed by atoms with Gasteiger partial charge in [0.1, 0.15) is 11.3 Å². The Morgan fingerprint density at radius 2 is 2.13 bits per heavy atom. The van der Waals surface area contributed by atoms with Gasteiger partial charge in [0, 0.05) is 12.1 Å². The summed E-state index contributed by atoms with van der Waals surface area (Å²) >= 11 is 5.62. The Hall–Kier alpha value is -2.24. The summed E-state index contributed by atoms with van der Waals surface area (Å²) in [6, 6.07) is 13.2. The molecule has 0 saturated heterocycles. The van der Waals surface area contributed by atoms with E-state index in [1.807, 2.05) is 42.5 Å². The van der Waals surface area contributed by atoms with Gasteiger partial charge in [-0.05, 0) is 30.3 Å². The molecule has 6 heteroatoms. The number of rotatable bonds is 6. The fraction of sp³-hybridized carbons (Fsp3) is 0.235. The van der Waals surface area contributed by atoms with Crippen molar-refractivity contribution in [1.82, 2.24) is 4.98 Å². The highest BCUT2D eigenvalue weighted by Gasteiger charge is 2.12. The molecular formula is C17H17ClN2O3. The lowest BCUT2D eigenvalue weighted by Gasteiger charge is -2.14. The van der Waals surface area contributed by atoms with Gasteiger partial charge in [0.05, 0.1) is 24.8 Å². The molecule has 1 heterocycles. The standard InChI is InChI=1S/C17H17ClN2O3/c1-22-15-7-6-11(8-14(15)19-10-12(21)9-18)17-20-13-4-2-3-5-16(13)23-17/h2-8,12,19,21H,9-10H2,1H3. The molecule has 0 spiro atoms. The van der Waals surface area contributed by atoms with Crippen LogP contribution in [0.2, 0.25) is 0 Å². The van der Waals surface area contributed by atoms with Gasteiger partial charge in [-0.3, -0.25) is 0 Å². The fourth-order valence-corrected chi connectivity index (χ4v) is 2.37. The van der Waals surface area contributed by atoms with Crippen LogP contribution in [-0.2, 0) is 0 Å². The Balaban J connectivity index is 1.93. The quantitative estimate of drug-likeness (QED) is 0.676. The van der Waals surface area contributed by atoms with E-state index < -0.39 is 6.10 Å². The lowest BCUT2D eigenvalue weighted by Crippen LogP contribution is -2.21. The molecule has 3 aromatic rings. The highest BCUT2D eigenvalue weighted by molar-refractivity contribution is 6.18. The van der Waals surface area contributed by atoms with Gasteiger partial charge in [-0.2, -0.15) is 0 Å². The van der Waals surface area contributed by atoms with E-state index in [-0.39, 0.29) is 5.88 Å². The second-order valence-electron chi connectivity index (χ2n) is 5.09. The van der Waals surface area contributed by atoms with Crippen molar-refractivity contribution in [3.63, 3.8) is 0 Å². The number of halogens is 1. The van der Waals surface area contributed by atoms with Crippen molar-refractivity contribution in [2.45, 2.75) is 6.10 Å². The number of para-hydroxylation sites is 2. The van der Waals surface area contributed by atoms with Gasteiger partial charge in [-0.25, -0.2) is 4.98 Å². The fourth-order valence-electron chi connectivity index (χ4n) is 2.26. The molecular weight excluding hydrogens is 316 g/mol. The highest BCUT2D eigenvalue weighted by Crippen LogP contribution is 2.31. The van der Waals surface area contributed by atoms with Crippen LogP contribution in [0.5, 0.6) is 5.75 Å². The van der Waals surface area contributed by atoms with Gasteiger partial charge in [0.15, 0.2) is 5.58 Å². The van der Waals surface area contributed by atoms with E-state index in [0.717, 1.165) is 22.4 Å². The van der Waals surface area contributed by atoms with Crippen LogP contribution < -0.4 is 10.1 Å². The molecule has 1 aromatic heterocycles. The number of oxazole rings is 1. The Bertz CT molecular complexity index is 770. The number of aromatic nitrogens is 1. The molecule has 2 N–H and O–H groups in total. The minimum atomic E-state index is -0.630. The van der Waals surface area contributed by atoms with Gasteiger partial charge < -0.3 is 19.6 Å². The first-order chi connectivity index (χ1) is 11.2. The number of fused-ring (bicyclic) bond motifs is 1. The molecule has 1 unspecified atom stereocenters. The Morgan fingerprint density at radius 3 is 2.87 bits per heavy atom. The predicted octanol–water partition coefficient (Wildman–Crippen LogP) is 3.52. The van der Waals surface area contributed by atoms with Gasteiger partial charge in [0.2, 0.25) is 5.89 Å². The third-order valence-corrected chi connectivity index (χ3v) is 3.80. The van der Waals surface area contributed by atoms with Crippen molar-refractivity contribution < 1.29 is 14.3 Å².